The Balaban J connectivity index is 1.90. The maximum Gasteiger partial charge on any atom is 0.198 e. The van der Waals surface area contributed by atoms with Gasteiger partial charge in [-0.25, -0.2) is 0 Å². The first kappa shape index (κ1) is 15.0. The Bertz CT molecular complexity index is 730. The number of hydrogen-bond acceptors (Lipinski definition) is 2. The van der Waals surface area contributed by atoms with Gasteiger partial charge in [0, 0.05) is 12.2 Å². The second kappa shape index (κ2) is 6.05. The second-order valence-corrected chi connectivity index (χ2v) is 6.11. The molecule has 2 aromatic carbocycles. The Hall–Kier alpha value is -1.93. The third kappa shape index (κ3) is 2.71. The molecule has 1 atom stereocenters. The van der Waals surface area contributed by atoms with Gasteiger partial charge in [-0.15, -0.1) is 0 Å². The van der Waals surface area contributed by atoms with Crippen molar-refractivity contribution in [2.75, 3.05) is 6.61 Å². The summed E-state index contributed by atoms with van der Waals surface area (Å²) in [5.41, 5.74) is 0.918. The van der Waals surface area contributed by atoms with E-state index in [1.165, 1.54) is 0 Å². The fourth-order valence-corrected chi connectivity index (χ4v) is 2.93. The van der Waals surface area contributed by atoms with Gasteiger partial charge in [-0.1, -0.05) is 50.1 Å². The Morgan fingerprint density at radius 1 is 1.09 bits per heavy atom. The highest BCUT2D eigenvalue weighted by atomic mass is 16.5. The van der Waals surface area contributed by atoms with Crippen molar-refractivity contribution in [3.8, 4) is 0 Å². The van der Waals surface area contributed by atoms with E-state index >= 15 is 0 Å². The van der Waals surface area contributed by atoms with Crippen LogP contribution in [0, 0.1) is 0 Å². The predicted octanol–water partition coefficient (Wildman–Crippen LogP) is 5.01. The molecule has 0 amide bonds. The van der Waals surface area contributed by atoms with Gasteiger partial charge in [0.25, 0.3) is 0 Å². The third-order valence-electron chi connectivity index (χ3n) is 4.34. The van der Waals surface area contributed by atoms with Crippen LogP contribution in [0.3, 0.4) is 0 Å². The quantitative estimate of drug-likeness (QED) is 0.724. The Kier molecular flexibility index (Phi) is 4.12. The third-order valence-corrected chi connectivity index (χ3v) is 4.34. The summed E-state index contributed by atoms with van der Waals surface area (Å²) in [6.07, 6.45) is 7.20. The first-order valence-corrected chi connectivity index (χ1v) is 8.05. The number of ketones is 1. The maximum atomic E-state index is 12.9. The van der Waals surface area contributed by atoms with Crippen molar-refractivity contribution in [2.45, 2.75) is 38.7 Å². The van der Waals surface area contributed by atoms with Gasteiger partial charge in [-0.3, -0.25) is 4.79 Å². The minimum atomic E-state index is -0.830. The monoisotopic (exact) mass is 294 g/mol. The van der Waals surface area contributed by atoms with Gasteiger partial charge >= 0.3 is 0 Å². The molecule has 0 spiro atoms. The Morgan fingerprint density at radius 3 is 2.55 bits per heavy atom. The van der Waals surface area contributed by atoms with Crippen LogP contribution in [0.1, 0.15) is 49.0 Å². The van der Waals surface area contributed by atoms with Gasteiger partial charge in [-0.2, -0.15) is 0 Å². The largest absolute Gasteiger partial charge is 0.363 e. The number of unbranched alkanes of at least 4 members (excludes halogenated alkanes) is 2. The Labute approximate surface area is 131 Å². The van der Waals surface area contributed by atoms with Crippen LogP contribution in [0.2, 0.25) is 0 Å². The topological polar surface area (TPSA) is 26.3 Å². The molecule has 0 saturated heterocycles. The average Bonchev–Trinajstić information content (AvgIpc) is 2.54. The molecule has 2 heteroatoms. The minimum absolute atomic E-state index is 0.0623. The summed E-state index contributed by atoms with van der Waals surface area (Å²) in [7, 11) is 0. The van der Waals surface area contributed by atoms with Crippen LogP contribution < -0.4 is 0 Å². The highest BCUT2D eigenvalue weighted by molar-refractivity contribution is 6.11. The molecule has 0 heterocycles. The molecule has 0 N–H and O–H groups in total. The van der Waals surface area contributed by atoms with Crippen LogP contribution in [-0.2, 0) is 4.74 Å². The van der Waals surface area contributed by atoms with Gasteiger partial charge in [0.15, 0.2) is 5.78 Å². The summed E-state index contributed by atoms with van der Waals surface area (Å²) in [4.78, 5) is 12.9. The van der Waals surface area contributed by atoms with E-state index in [2.05, 4.69) is 19.1 Å². The second-order valence-electron chi connectivity index (χ2n) is 6.11. The van der Waals surface area contributed by atoms with Crippen molar-refractivity contribution in [2.24, 2.45) is 0 Å². The first-order chi connectivity index (χ1) is 10.6. The molecular formula is C20H22O2. The van der Waals surface area contributed by atoms with Gasteiger partial charge in [0.1, 0.15) is 5.60 Å². The molecular weight excluding hydrogens is 272 g/mol. The summed E-state index contributed by atoms with van der Waals surface area (Å²) in [6, 6.07) is 12.2. The molecule has 0 radical (unpaired) electrons. The van der Waals surface area contributed by atoms with Crippen LogP contribution in [-0.4, -0.2) is 18.0 Å². The van der Waals surface area contributed by atoms with E-state index in [9.17, 15) is 4.79 Å². The summed E-state index contributed by atoms with van der Waals surface area (Å²) < 4.78 is 5.92. The molecule has 3 rings (SSSR count). The number of ether oxygens (including phenoxy) is 1. The number of carbonyl (C=O) groups excluding carboxylic acids is 1. The molecule has 0 aromatic heterocycles. The fourth-order valence-electron chi connectivity index (χ4n) is 2.93. The summed E-state index contributed by atoms with van der Waals surface area (Å²) >= 11 is 0. The highest BCUT2D eigenvalue weighted by Crippen LogP contribution is 2.31. The van der Waals surface area contributed by atoms with E-state index in [0.29, 0.717) is 6.61 Å². The number of Topliss-reactive ketones (excluding diaryl/α,β-unsaturated/α-hetero) is 1. The van der Waals surface area contributed by atoms with E-state index in [1.807, 2.05) is 43.3 Å². The van der Waals surface area contributed by atoms with Crippen molar-refractivity contribution >= 4 is 22.6 Å². The normalized spacial score (nSPS) is 20.4. The minimum Gasteiger partial charge on any atom is -0.363 e. The zero-order valence-electron chi connectivity index (χ0n) is 13.3. The number of rotatable bonds is 5. The molecule has 0 saturated carbocycles. The molecule has 1 unspecified atom stereocenters. The number of benzene rings is 2. The predicted molar refractivity (Wildman–Crippen MR) is 91.2 cm³/mol. The van der Waals surface area contributed by atoms with Crippen LogP contribution in [0.5, 0.6) is 0 Å². The summed E-state index contributed by atoms with van der Waals surface area (Å²) in [6.45, 7) is 4.66. The zero-order valence-corrected chi connectivity index (χ0v) is 13.3. The van der Waals surface area contributed by atoms with Crippen LogP contribution in [0.4, 0.5) is 0 Å². The molecule has 114 valence electrons. The highest BCUT2D eigenvalue weighted by Gasteiger charge is 2.36. The fraction of sp³-hybridized carbons (Fsp3) is 0.350. The molecule has 2 aromatic rings. The first-order valence-electron chi connectivity index (χ1n) is 8.05. The van der Waals surface area contributed by atoms with Gasteiger partial charge in [0.05, 0.1) is 0 Å². The van der Waals surface area contributed by atoms with E-state index in [1.54, 1.807) is 0 Å². The van der Waals surface area contributed by atoms with Crippen LogP contribution in [0.15, 0.2) is 42.5 Å². The number of hydrogen-bond donors (Lipinski definition) is 0. The smallest absolute Gasteiger partial charge is 0.198 e. The van der Waals surface area contributed by atoms with Crippen molar-refractivity contribution in [3.05, 3.63) is 53.6 Å². The van der Waals surface area contributed by atoms with Gasteiger partial charge in [0.2, 0.25) is 0 Å². The van der Waals surface area contributed by atoms with Gasteiger partial charge in [-0.05, 0) is 47.9 Å². The molecule has 0 aliphatic heterocycles. The van der Waals surface area contributed by atoms with Crippen LogP contribution >= 0.6 is 0 Å². The molecule has 1 aliphatic rings. The van der Waals surface area contributed by atoms with E-state index in [0.717, 1.165) is 41.2 Å². The lowest BCUT2D eigenvalue weighted by molar-refractivity contribution is 0.01000. The molecule has 0 fully saturated rings. The maximum absolute atomic E-state index is 12.9. The lowest BCUT2D eigenvalue weighted by Gasteiger charge is -2.29. The van der Waals surface area contributed by atoms with Crippen molar-refractivity contribution in [1.29, 1.82) is 0 Å². The summed E-state index contributed by atoms with van der Waals surface area (Å²) in [5.74, 6) is 0.0623. The molecule has 1 aliphatic carbocycles. The van der Waals surface area contributed by atoms with E-state index in [4.69, 9.17) is 4.74 Å². The lowest BCUT2D eigenvalue weighted by Crippen LogP contribution is -2.39. The lowest BCUT2D eigenvalue weighted by atomic mass is 9.84. The van der Waals surface area contributed by atoms with E-state index in [-0.39, 0.29) is 5.78 Å². The zero-order chi connectivity index (χ0) is 15.6. The van der Waals surface area contributed by atoms with Gasteiger partial charge < -0.3 is 4.74 Å². The molecule has 0 bridgehead atoms. The van der Waals surface area contributed by atoms with Crippen molar-refractivity contribution in [3.63, 3.8) is 0 Å². The average molecular weight is 294 g/mol. The Morgan fingerprint density at radius 2 is 1.82 bits per heavy atom. The van der Waals surface area contributed by atoms with Crippen LogP contribution in [0.25, 0.3) is 16.8 Å². The summed E-state index contributed by atoms with van der Waals surface area (Å²) in [5, 5.41) is 2.25. The molecule has 2 nitrogen and oxygen atoms in total. The van der Waals surface area contributed by atoms with E-state index < -0.39 is 5.60 Å². The SMILES string of the molecule is CCCCCOC1(C)C=Cc2cc3ccccc3cc2C1=O. The number of fused-ring (bicyclic) bond motifs is 2. The molecule has 22 heavy (non-hydrogen) atoms. The van der Waals surface area contributed by atoms with Crippen molar-refractivity contribution < 1.29 is 9.53 Å². The standard InChI is InChI=1S/C20H22O2/c1-3-4-7-12-22-20(2)11-10-17-13-15-8-5-6-9-16(15)14-18(17)19(20)21/h5-6,8-11,13-14H,3-4,7,12H2,1-2H3. The number of carbonyl (C=O) groups is 1. The van der Waals surface area contributed by atoms with Crippen molar-refractivity contribution in [1.82, 2.24) is 0 Å².